The minimum absolute atomic E-state index is 0.0534. The van der Waals surface area contributed by atoms with Crippen molar-refractivity contribution in [2.45, 2.75) is 10.9 Å². The van der Waals surface area contributed by atoms with E-state index in [4.69, 9.17) is 5.73 Å². The minimum atomic E-state index is -4.13. The maximum Gasteiger partial charge on any atom is 0.254 e. The van der Waals surface area contributed by atoms with Crippen molar-refractivity contribution in [3.05, 3.63) is 72.3 Å². The number of phenolic OH excluding ortho intramolecular Hbond substituents is 3. The number of benzene rings is 3. The number of carbonyl (C=O) groups excluding carboxylic acids is 2. The average Bonchev–Trinajstić information content (AvgIpc) is 2.87. The first kappa shape index (κ1) is 24.8. The average molecular weight is 513 g/mol. The van der Waals surface area contributed by atoms with Crippen molar-refractivity contribution >= 4 is 33.2 Å². The van der Waals surface area contributed by atoms with E-state index in [2.05, 4.69) is 5.32 Å². The number of piperazine rings is 1. The number of hydrogen-bond donors (Lipinski definition) is 5. The van der Waals surface area contributed by atoms with Crippen LogP contribution in [-0.2, 0) is 14.8 Å². The fourth-order valence-corrected chi connectivity index (χ4v) is 5.45. The van der Waals surface area contributed by atoms with Crippen molar-refractivity contribution in [3.8, 4) is 17.2 Å². The first-order valence-corrected chi connectivity index (χ1v) is 12.3. The van der Waals surface area contributed by atoms with E-state index in [1.807, 2.05) is 0 Å². The lowest BCUT2D eigenvalue weighted by atomic mass is 10.1. The number of nitrogens with two attached hydrogens (primary N) is 1. The van der Waals surface area contributed by atoms with Gasteiger partial charge in [0, 0.05) is 36.6 Å². The van der Waals surface area contributed by atoms with Gasteiger partial charge in [-0.05, 0) is 48.5 Å². The number of anilines is 2. The first-order chi connectivity index (χ1) is 17.1. The van der Waals surface area contributed by atoms with Gasteiger partial charge >= 0.3 is 0 Å². The highest BCUT2D eigenvalue weighted by molar-refractivity contribution is 7.89. The molecular weight excluding hydrogens is 488 g/mol. The number of nitrogens with zero attached hydrogens (tertiary/aromatic N) is 2. The number of nitrogens with one attached hydrogen (secondary N) is 1. The van der Waals surface area contributed by atoms with Crippen LogP contribution in [-0.4, -0.2) is 70.4 Å². The topological polar surface area (TPSA) is 174 Å². The minimum Gasteiger partial charge on any atom is -0.504 e. The molecule has 1 fully saturated rings. The largest absolute Gasteiger partial charge is 0.504 e. The Morgan fingerprint density at radius 3 is 2.14 bits per heavy atom. The van der Waals surface area contributed by atoms with Gasteiger partial charge in [-0.3, -0.25) is 9.59 Å². The second-order valence-corrected chi connectivity index (χ2v) is 10.1. The van der Waals surface area contributed by atoms with Gasteiger partial charge < -0.3 is 31.3 Å². The molecule has 1 aliphatic rings. The number of amides is 2. The summed E-state index contributed by atoms with van der Waals surface area (Å²) in [5, 5.41) is 31.8. The zero-order valence-corrected chi connectivity index (χ0v) is 19.7. The molecule has 1 saturated heterocycles. The molecule has 6 N–H and O–H groups in total. The van der Waals surface area contributed by atoms with E-state index in [1.165, 1.54) is 29.2 Å². The predicted molar refractivity (Wildman–Crippen MR) is 131 cm³/mol. The Kier molecular flexibility index (Phi) is 6.73. The molecule has 3 aromatic rings. The summed E-state index contributed by atoms with van der Waals surface area (Å²) < 4.78 is 27.9. The Morgan fingerprint density at radius 2 is 1.53 bits per heavy atom. The number of hydrogen-bond acceptors (Lipinski definition) is 8. The Hall–Kier alpha value is -4.29. The van der Waals surface area contributed by atoms with Crippen LogP contribution in [0.4, 0.5) is 11.4 Å². The molecular formula is C24H24N4O7S. The summed E-state index contributed by atoms with van der Waals surface area (Å²) in [4.78, 5) is 27.6. The summed E-state index contributed by atoms with van der Waals surface area (Å²) in [6.45, 7) is -0.556. The summed E-state index contributed by atoms with van der Waals surface area (Å²) in [7, 11) is -4.13. The number of carbonyl (C=O) groups is 2. The van der Waals surface area contributed by atoms with E-state index in [-0.39, 0.29) is 30.1 Å². The van der Waals surface area contributed by atoms with Gasteiger partial charge in [0.05, 0.1) is 4.90 Å². The molecule has 12 heteroatoms. The number of phenols is 3. The maximum atomic E-state index is 13.4. The third-order valence-electron chi connectivity index (χ3n) is 5.77. The van der Waals surface area contributed by atoms with Gasteiger partial charge in [0.1, 0.15) is 6.04 Å². The van der Waals surface area contributed by atoms with Crippen molar-refractivity contribution in [2.75, 3.05) is 30.7 Å². The first-order valence-electron chi connectivity index (χ1n) is 10.9. The van der Waals surface area contributed by atoms with Crippen LogP contribution in [0.3, 0.4) is 0 Å². The van der Waals surface area contributed by atoms with Crippen molar-refractivity contribution in [1.82, 2.24) is 9.21 Å². The van der Waals surface area contributed by atoms with Crippen LogP contribution in [0, 0.1) is 0 Å². The monoisotopic (exact) mass is 512 g/mol. The van der Waals surface area contributed by atoms with Gasteiger partial charge in [-0.2, -0.15) is 4.31 Å². The Labute approximate surface area is 207 Å². The van der Waals surface area contributed by atoms with E-state index in [0.717, 1.165) is 16.4 Å². The third kappa shape index (κ3) is 4.90. The maximum absolute atomic E-state index is 13.4. The molecule has 0 saturated carbocycles. The molecule has 0 aliphatic carbocycles. The second kappa shape index (κ2) is 9.76. The van der Waals surface area contributed by atoms with E-state index in [0.29, 0.717) is 11.4 Å². The molecule has 1 unspecified atom stereocenters. The summed E-state index contributed by atoms with van der Waals surface area (Å²) in [5.41, 5.74) is 6.37. The second-order valence-electron chi connectivity index (χ2n) is 8.17. The lowest BCUT2D eigenvalue weighted by Crippen LogP contribution is -2.60. The fourth-order valence-electron chi connectivity index (χ4n) is 3.88. The Balaban J connectivity index is 1.66. The fraction of sp³-hybridized carbons (Fsp3) is 0.167. The summed E-state index contributed by atoms with van der Waals surface area (Å²) in [6.07, 6.45) is 0. The smallest absolute Gasteiger partial charge is 0.254 e. The molecule has 36 heavy (non-hydrogen) atoms. The summed E-state index contributed by atoms with van der Waals surface area (Å²) in [6, 6.07) is 14.7. The van der Waals surface area contributed by atoms with Crippen molar-refractivity contribution < 1.29 is 33.3 Å². The van der Waals surface area contributed by atoms with E-state index < -0.39 is 45.1 Å². The van der Waals surface area contributed by atoms with Crippen molar-refractivity contribution in [1.29, 1.82) is 0 Å². The van der Waals surface area contributed by atoms with Crippen molar-refractivity contribution in [3.63, 3.8) is 0 Å². The molecule has 1 heterocycles. The van der Waals surface area contributed by atoms with E-state index >= 15 is 0 Å². The molecule has 188 valence electrons. The summed E-state index contributed by atoms with van der Waals surface area (Å²) >= 11 is 0. The Morgan fingerprint density at radius 1 is 0.917 bits per heavy atom. The van der Waals surface area contributed by atoms with Gasteiger partial charge in [-0.15, -0.1) is 0 Å². The molecule has 3 aromatic carbocycles. The molecule has 0 bridgehead atoms. The number of aromatic hydroxyl groups is 3. The predicted octanol–water partition coefficient (Wildman–Crippen LogP) is 1.54. The molecule has 4 rings (SSSR count). The number of rotatable bonds is 5. The van der Waals surface area contributed by atoms with Crippen LogP contribution in [0.15, 0.2) is 71.6 Å². The molecule has 0 aromatic heterocycles. The Bertz CT molecular complexity index is 1370. The third-order valence-corrected chi connectivity index (χ3v) is 7.69. The van der Waals surface area contributed by atoms with E-state index in [1.54, 1.807) is 30.3 Å². The van der Waals surface area contributed by atoms with Crippen LogP contribution in [0.5, 0.6) is 17.2 Å². The molecule has 1 aliphatic heterocycles. The molecule has 0 radical (unpaired) electrons. The highest BCUT2D eigenvalue weighted by Gasteiger charge is 2.41. The van der Waals surface area contributed by atoms with Crippen LogP contribution < -0.4 is 11.1 Å². The zero-order valence-electron chi connectivity index (χ0n) is 18.9. The van der Waals surface area contributed by atoms with Gasteiger partial charge in [0.15, 0.2) is 17.2 Å². The van der Waals surface area contributed by atoms with Crippen LogP contribution in [0.25, 0.3) is 0 Å². The van der Waals surface area contributed by atoms with Crippen LogP contribution in [0.1, 0.15) is 10.4 Å². The number of sulfonamides is 1. The highest BCUT2D eigenvalue weighted by Crippen LogP contribution is 2.36. The molecule has 11 nitrogen and oxygen atoms in total. The zero-order chi connectivity index (χ0) is 26.0. The van der Waals surface area contributed by atoms with Gasteiger partial charge in [0.2, 0.25) is 15.9 Å². The summed E-state index contributed by atoms with van der Waals surface area (Å²) in [5.74, 6) is -3.47. The van der Waals surface area contributed by atoms with Gasteiger partial charge in [0.25, 0.3) is 5.91 Å². The van der Waals surface area contributed by atoms with Gasteiger partial charge in [-0.1, -0.05) is 18.2 Å². The van der Waals surface area contributed by atoms with Gasteiger partial charge in [-0.25, -0.2) is 8.42 Å². The lowest BCUT2D eigenvalue weighted by Gasteiger charge is -2.39. The number of nitrogen functional groups attached to an aromatic ring is 1. The normalized spacial score (nSPS) is 16.4. The number of para-hydroxylation sites is 1. The van der Waals surface area contributed by atoms with E-state index in [9.17, 15) is 33.3 Å². The lowest BCUT2D eigenvalue weighted by molar-refractivity contribution is -0.121. The van der Waals surface area contributed by atoms with Crippen LogP contribution >= 0.6 is 0 Å². The quantitative estimate of drug-likeness (QED) is 0.253. The molecule has 1 atom stereocenters. The molecule has 0 spiro atoms. The standard InChI is InChI=1S/C24H24N4O7S/c25-16-6-8-18(9-7-16)36(34,35)28-11-10-27(24(33)15-12-20(29)22(31)21(30)13-15)14-19(28)23(32)26-17-4-2-1-3-5-17/h1-9,12-13,19,29-31H,10-11,14,25H2,(H,26,32). The molecule has 2 amide bonds. The SMILES string of the molecule is Nc1ccc(S(=O)(=O)N2CCN(C(=O)c3cc(O)c(O)c(O)c3)CC2C(=O)Nc2ccccc2)cc1. The van der Waals surface area contributed by atoms with Crippen LogP contribution in [0.2, 0.25) is 0 Å². The highest BCUT2D eigenvalue weighted by atomic mass is 32.2. The van der Waals surface area contributed by atoms with Crippen molar-refractivity contribution in [2.24, 2.45) is 0 Å².